The van der Waals surface area contributed by atoms with Crippen molar-refractivity contribution in [2.45, 2.75) is 44.9 Å². The zero-order valence-electron chi connectivity index (χ0n) is 14.1. The van der Waals surface area contributed by atoms with Crippen LogP contribution in [-0.2, 0) is 0 Å². The second-order valence-electron chi connectivity index (χ2n) is 7.68. The molecular weight excluding hydrogens is 302 g/mol. The van der Waals surface area contributed by atoms with Gasteiger partial charge in [-0.15, -0.1) is 0 Å². The predicted molar refractivity (Wildman–Crippen MR) is 103 cm³/mol. The van der Waals surface area contributed by atoms with Crippen LogP contribution in [0.1, 0.15) is 25.3 Å². The molecule has 1 atom stereocenters. The lowest BCUT2D eigenvalue weighted by Gasteiger charge is -2.47. The first-order valence-corrected chi connectivity index (χ1v) is 12.0. The Kier molecular flexibility index (Phi) is 3.69. The van der Waals surface area contributed by atoms with Crippen molar-refractivity contribution in [3.63, 3.8) is 0 Å². The van der Waals surface area contributed by atoms with Crippen molar-refractivity contribution in [3.8, 4) is 0 Å². The van der Waals surface area contributed by atoms with Gasteiger partial charge >= 0.3 is 0 Å². The summed E-state index contributed by atoms with van der Waals surface area (Å²) < 4.78 is 0. The van der Waals surface area contributed by atoms with Crippen molar-refractivity contribution in [1.29, 1.82) is 0 Å². The lowest BCUT2D eigenvalue weighted by Crippen LogP contribution is -2.53. The zero-order valence-corrected chi connectivity index (χ0v) is 15.9. The van der Waals surface area contributed by atoms with Gasteiger partial charge in [0, 0.05) is 6.54 Å². The molecule has 0 radical (unpaired) electrons. The van der Waals surface area contributed by atoms with Crippen molar-refractivity contribution in [1.82, 2.24) is 4.90 Å². The summed E-state index contributed by atoms with van der Waals surface area (Å²) in [5.74, 6) is 0. The molecule has 1 saturated heterocycles. The largest absolute Gasteiger partial charge is 0.353 e. The summed E-state index contributed by atoms with van der Waals surface area (Å²) in [4.78, 5) is 3.54. The van der Waals surface area contributed by atoms with Crippen LogP contribution in [0.4, 0.5) is 0 Å². The SMILES string of the molecule is C=C1C(c2ccccc2)=C([Si](C)(C)C)C(=S)N2CCCC12C. The molecule has 116 valence electrons. The van der Waals surface area contributed by atoms with Gasteiger partial charge in [0.25, 0.3) is 0 Å². The molecule has 2 aliphatic rings. The molecule has 0 N–H and O–H groups in total. The molecule has 2 heterocycles. The normalized spacial score (nSPS) is 25.7. The molecule has 1 aromatic rings. The standard InChI is InChI=1S/C19H25NSSi/c1-14-16(15-10-7-6-8-11-15)17(22(3,4)5)18(21)20-13-9-12-19(14,20)2/h6-8,10-11H,1,9,12-13H2,2-5H3. The number of hydrogen-bond donors (Lipinski definition) is 0. The molecule has 0 saturated carbocycles. The fraction of sp³-hybridized carbons (Fsp3) is 0.421. The average Bonchev–Trinajstić information content (AvgIpc) is 2.86. The summed E-state index contributed by atoms with van der Waals surface area (Å²) in [7, 11) is -1.56. The number of hydrogen-bond acceptors (Lipinski definition) is 1. The first-order chi connectivity index (χ1) is 10.3. The van der Waals surface area contributed by atoms with Gasteiger partial charge in [-0.2, -0.15) is 0 Å². The third-order valence-corrected chi connectivity index (χ3v) is 7.71. The Balaban J connectivity index is 2.29. The van der Waals surface area contributed by atoms with Gasteiger partial charge in [0.2, 0.25) is 0 Å². The third-order valence-electron chi connectivity index (χ3n) is 5.11. The molecule has 1 unspecified atom stereocenters. The highest BCUT2D eigenvalue weighted by atomic mass is 32.1. The van der Waals surface area contributed by atoms with E-state index in [9.17, 15) is 0 Å². The van der Waals surface area contributed by atoms with Gasteiger partial charge in [0.1, 0.15) is 4.99 Å². The highest BCUT2D eigenvalue weighted by Gasteiger charge is 2.48. The lowest BCUT2D eigenvalue weighted by molar-refractivity contribution is 0.312. The lowest BCUT2D eigenvalue weighted by atomic mass is 9.80. The van der Waals surface area contributed by atoms with E-state index in [2.05, 4.69) is 68.4 Å². The Morgan fingerprint density at radius 1 is 1.18 bits per heavy atom. The van der Waals surface area contributed by atoms with Crippen LogP contribution >= 0.6 is 12.2 Å². The number of rotatable bonds is 2. The van der Waals surface area contributed by atoms with E-state index in [1.165, 1.54) is 28.3 Å². The first-order valence-electron chi connectivity index (χ1n) is 8.09. The summed E-state index contributed by atoms with van der Waals surface area (Å²) in [6, 6.07) is 10.7. The van der Waals surface area contributed by atoms with E-state index in [0.717, 1.165) is 18.0 Å². The molecule has 1 nitrogen and oxygen atoms in total. The summed E-state index contributed by atoms with van der Waals surface area (Å²) in [6.07, 6.45) is 2.36. The van der Waals surface area contributed by atoms with E-state index in [-0.39, 0.29) is 5.54 Å². The van der Waals surface area contributed by atoms with E-state index in [1.807, 2.05) is 0 Å². The fourth-order valence-electron chi connectivity index (χ4n) is 3.88. The number of benzene rings is 1. The molecule has 0 aliphatic carbocycles. The van der Waals surface area contributed by atoms with Gasteiger partial charge in [0.05, 0.1) is 13.6 Å². The molecule has 0 spiro atoms. The smallest absolute Gasteiger partial charge is 0.102 e. The van der Waals surface area contributed by atoms with Gasteiger partial charge in [-0.05, 0) is 41.7 Å². The molecule has 0 amide bonds. The van der Waals surface area contributed by atoms with Crippen LogP contribution in [0.25, 0.3) is 5.57 Å². The fourth-order valence-corrected chi connectivity index (χ4v) is 7.02. The highest BCUT2D eigenvalue weighted by molar-refractivity contribution is 7.81. The van der Waals surface area contributed by atoms with E-state index >= 15 is 0 Å². The highest BCUT2D eigenvalue weighted by Crippen LogP contribution is 2.49. The number of nitrogens with zero attached hydrogens (tertiary/aromatic N) is 1. The second-order valence-corrected chi connectivity index (χ2v) is 13.1. The second kappa shape index (κ2) is 5.17. The van der Waals surface area contributed by atoms with E-state index in [1.54, 1.807) is 0 Å². The quantitative estimate of drug-likeness (QED) is 0.551. The summed E-state index contributed by atoms with van der Waals surface area (Å²) in [5, 5.41) is 1.41. The molecule has 3 heteroatoms. The van der Waals surface area contributed by atoms with Crippen molar-refractivity contribution < 1.29 is 0 Å². The van der Waals surface area contributed by atoms with Crippen LogP contribution in [-0.4, -0.2) is 30.0 Å². The molecular formula is C19H25NSSi. The minimum absolute atomic E-state index is 0.00537. The Hall–Kier alpha value is -1.19. The van der Waals surface area contributed by atoms with Crippen molar-refractivity contribution in [3.05, 3.63) is 53.2 Å². The zero-order chi connectivity index (χ0) is 16.1. The molecule has 1 aromatic carbocycles. The Labute approximate surface area is 140 Å². The van der Waals surface area contributed by atoms with Gasteiger partial charge in [-0.3, -0.25) is 0 Å². The first kappa shape index (κ1) is 15.7. The molecule has 22 heavy (non-hydrogen) atoms. The molecule has 0 aromatic heterocycles. The van der Waals surface area contributed by atoms with Crippen molar-refractivity contribution in [2.75, 3.05) is 6.54 Å². The minimum atomic E-state index is -1.56. The minimum Gasteiger partial charge on any atom is -0.353 e. The van der Waals surface area contributed by atoms with Crippen LogP contribution in [0.15, 0.2) is 47.7 Å². The van der Waals surface area contributed by atoms with E-state index < -0.39 is 8.07 Å². The Bertz CT molecular complexity index is 668. The van der Waals surface area contributed by atoms with Gasteiger partial charge in [-0.25, -0.2) is 0 Å². The Morgan fingerprint density at radius 2 is 1.82 bits per heavy atom. The number of fused-ring (bicyclic) bond motifs is 1. The van der Waals surface area contributed by atoms with Crippen molar-refractivity contribution >= 4 is 30.9 Å². The molecule has 1 fully saturated rings. The molecule has 2 aliphatic heterocycles. The maximum Gasteiger partial charge on any atom is 0.102 e. The van der Waals surface area contributed by atoms with E-state index in [0.29, 0.717) is 0 Å². The summed E-state index contributed by atoms with van der Waals surface area (Å²) in [5.41, 5.74) is 3.89. The monoisotopic (exact) mass is 327 g/mol. The number of thiocarbonyl (C=S) groups is 1. The van der Waals surface area contributed by atoms with Crippen LogP contribution in [0.2, 0.25) is 19.6 Å². The van der Waals surface area contributed by atoms with Crippen LogP contribution < -0.4 is 0 Å². The van der Waals surface area contributed by atoms with Crippen LogP contribution in [0, 0.1) is 0 Å². The Morgan fingerprint density at radius 3 is 2.41 bits per heavy atom. The van der Waals surface area contributed by atoms with E-state index in [4.69, 9.17) is 12.2 Å². The average molecular weight is 328 g/mol. The molecule has 0 bridgehead atoms. The predicted octanol–water partition coefficient (Wildman–Crippen LogP) is 5.07. The molecule has 3 rings (SSSR count). The topological polar surface area (TPSA) is 3.24 Å². The van der Waals surface area contributed by atoms with Gasteiger partial charge < -0.3 is 4.90 Å². The third kappa shape index (κ3) is 2.22. The van der Waals surface area contributed by atoms with Gasteiger partial charge in [-0.1, -0.05) is 68.8 Å². The summed E-state index contributed by atoms with van der Waals surface area (Å²) >= 11 is 5.98. The maximum absolute atomic E-state index is 5.98. The van der Waals surface area contributed by atoms with Crippen LogP contribution in [0.3, 0.4) is 0 Å². The van der Waals surface area contributed by atoms with Crippen LogP contribution in [0.5, 0.6) is 0 Å². The van der Waals surface area contributed by atoms with Crippen molar-refractivity contribution in [2.24, 2.45) is 0 Å². The van der Waals surface area contributed by atoms with Gasteiger partial charge in [0.15, 0.2) is 0 Å². The maximum atomic E-state index is 5.98. The summed E-state index contributed by atoms with van der Waals surface area (Å²) in [6.45, 7) is 15.1.